The lowest BCUT2D eigenvalue weighted by Crippen LogP contribution is -2.38. The van der Waals surface area contributed by atoms with Gasteiger partial charge < -0.3 is 15.4 Å². The molecule has 1 unspecified atom stereocenters. The highest BCUT2D eigenvalue weighted by Gasteiger charge is 2.25. The van der Waals surface area contributed by atoms with E-state index in [1.165, 1.54) is 0 Å². The molecule has 2 N–H and O–H groups in total. The van der Waals surface area contributed by atoms with Gasteiger partial charge in [-0.25, -0.2) is 0 Å². The molecular formula is C16H24N2O2. The summed E-state index contributed by atoms with van der Waals surface area (Å²) in [6, 6.07) is 7.66. The highest BCUT2D eigenvalue weighted by Crippen LogP contribution is 2.26. The zero-order valence-electron chi connectivity index (χ0n) is 12.3. The van der Waals surface area contributed by atoms with E-state index in [9.17, 15) is 4.79 Å². The van der Waals surface area contributed by atoms with Gasteiger partial charge in [-0.15, -0.1) is 0 Å². The molecule has 110 valence electrons. The molecule has 1 amide bonds. The van der Waals surface area contributed by atoms with E-state index in [4.69, 9.17) is 10.5 Å². The van der Waals surface area contributed by atoms with Gasteiger partial charge in [-0.05, 0) is 32.3 Å². The summed E-state index contributed by atoms with van der Waals surface area (Å²) in [5.74, 6) is 0.796. The quantitative estimate of drug-likeness (QED) is 0.899. The average Bonchev–Trinajstić information content (AvgIpc) is 3.00. The molecule has 0 aromatic heterocycles. The highest BCUT2D eigenvalue weighted by molar-refractivity contribution is 5.81. The van der Waals surface area contributed by atoms with Crippen LogP contribution in [-0.4, -0.2) is 30.0 Å². The van der Waals surface area contributed by atoms with Crippen molar-refractivity contribution in [1.29, 1.82) is 0 Å². The molecule has 1 aliphatic heterocycles. The minimum atomic E-state index is -0.460. The van der Waals surface area contributed by atoms with Crippen molar-refractivity contribution in [2.75, 3.05) is 13.1 Å². The van der Waals surface area contributed by atoms with E-state index in [0.29, 0.717) is 0 Å². The Morgan fingerprint density at radius 1 is 1.35 bits per heavy atom. The SMILES string of the molecule is CC[C@@H](N)c1ccccc1OC(C)C(=O)N1CCCC1. The average molecular weight is 276 g/mol. The van der Waals surface area contributed by atoms with Gasteiger partial charge in [-0.1, -0.05) is 25.1 Å². The molecule has 4 nitrogen and oxygen atoms in total. The fourth-order valence-corrected chi connectivity index (χ4v) is 2.55. The second kappa shape index (κ2) is 6.75. The Hall–Kier alpha value is -1.55. The van der Waals surface area contributed by atoms with Crippen molar-refractivity contribution in [3.05, 3.63) is 29.8 Å². The number of carbonyl (C=O) groups is 1. The van der Waals surface area contributed by atoms with E-state index >= 15 is 0 Å². The molecule has 0 radical (unpaired) electrons. The Morgan fingerprint density at radius 2 is 2.00 bits per heavy atom. The van der Waals surface area contributed by atoms with Gasteiger partial charge in [-0.3, -0.25) is 4.79 Å². The van der Waals surface area contributed by atoms with Gasteiger partial charge >= 0.3 is 0 Å². The molecule has 4 heteroatoms. The number of hydrogen-bond acceptors (Lipinski definition) is 3. The van der Waals surface area contributed by atoms with Gasteiger partial charge in [0.05, 0.1) is 0 Å². The molecule has 1 aromatic carbocycles. The first-order valence-corrected chi connectivity index (χ1v) is 7.43. The number of rotatable bonds is 5. The fourth-order valence-electron chi connectivity index (χ4n) is 2.55. The molecule has 0 saturated carbocycles. The maximum atomic E-state index is 12.3. The minimum absolute atomic E-state index is 0.0553. The van der Waals surface area contributed by atoms with Gasteiger partial charge in [0.1, 0.15) is 5.75 Å². The monoisotopic (exact) mass is 276 g/mol. The highest BCUT2D eigenvalue weighted by atomic mass is 16.5. The molecule has 2 rings (SSSR count). The largest absolute Gasteiger partial charge is 0.481 e. The molecule has 1 saturated heterocycles. The lowest BCUT2D eigenvalue weighted by Gasteiger charge is -2.23. The summed E-state index contributed by atoms with van der Waals surface area (Å²) in [7, 11) is 0. The Morgan fingerprint density at radius 3 is 2.65 bits per heavy atom. The topological polar surface area (TPSA) is 55.6 Å². The standard InChI is InChI=1S/C16H24N2O2/c1-3-14(17)13-8-4-5-9-15(13)20-12(2)16(19)18-10-6-7-11-18/h4-5,8-9,12,14H,3,6-7,10-11,17H2,1-2H3/t12?,14-/m1/s1. The summed E-state index contributed by atoms with van der Waals surface area (Å²) >= 11 is 0. The van der Waals surface area contributed by atoms with Crippen molar-refractivity contribution < 1.29 is 9.53 Å². The van der Waals surface area contributed by atoms with Gasteiger partial charge in [-0.2, -0.15) is 0 Å². The zero-order valence-corrected chi connectivity index (χ0v) is 12.3. The van der Waals surface area contributed by atoms with Crippen LogP contribution in [0.3, 0.4) is 0 Å². The van der Waals surface area contributed by atoms with Gasteiger partial charge in [0, 0.05) is 24.7 Å². The van der Waals surface area contributed by atoms with Crippen LogP contribution in [-0.2, 0) is 4.79 Å². The lowest BCUT2D eigenvalue weighted by molar-refractivity contribution is -0.136. The molecule has 1 aromatic rings. The summed E-state index contributed by atoms with van der Waals surface area (Å²) in [6.45, 7) is 5.56. The number of para-hydroxylation sites is 1. The van der Waals surface area contributed by atoms with E-state index in [-0.39, 0.29) is 11.9 Å². The Balaban J connectivity index is 2.07. The Labute approximate surface area is 120 Å². The van der Waals surface area contributed by atoms with Crippen LogP contribution in [0.15, 0.2) is 24.3 Å². The summed E-state index contributed by atoms with van der Waals surface area (Å²) in [5, 5.41) is 0. The van der Waals surface area contributed by atoms with Crippen LogP contribution in [0, 0.1) is 0 Å². The first kappa shape index (κ1) is 14.9. The second-order valence-electron chi connectivity index (χ2n) is 5.35. The van der Waals surface area contributed by atoms with Crippen molar-refractivity contribution in [1.82, 2.24) is 4.90 Å². The van der Waals surface area contributed by atoms with Crippen LogP contribution in [0.25, 0.3) is 0 Å². The molecule has 20 heavy (non-hydrogen) atoms. The molecule has 1 heterocycles. The molecule has 0 aliphatic carbocycles. The minimum Gasteiger partial charge on any atom is -0.481 e. The van der Waals surface area contributed by atoms with Crippen molar-refractivity contribution in [2.45, 2.75) is 45.3 Å². The number of ether oxygens (including phenoxy) is 1. The number of hydrogen-bond donors (Lipinski definition) is 1. The maximum absolute atomic E-state index is 12.3. The zero-order chi connectivity index (χ0) is 14.5. The number of carbonyl (C=O) groups excluding carboxylic acids is 1. The number of nitrogens with two attached hydrogens (primary N) is 1. The third-order valence-corrected chi connectivity index (χ3v) is 3.83. The predicted molar refractivity (Wildman–Crippen MR) is 79.6 cm³/mol. The first-order chi connectivity index (χ1) is 9.63. The third kappa shape index (κ3) is 3.31. The predicted octanol–water partition coefficient (Wildman–Crippen LogP) is 2.49. The van der Waals surface area contributed by atoms with Crippen molar-refractivity contribution >= 4 is 5.91 Å². The van der Waals surface area contributed by atoms with Gasteiger partial charge in [0.2, 0.25) is 0 Å². The Kier molecular flexibility index (Phi) is 5.01. The summed E-state index contributed by atoms with van der Waals surface area (Å²) < 4.78 is 5.87. The fraction of sp³-hybridized carbons (Fsp3) is 0.562. The second-order valence-corrected chi connectivity index (χ2v) is 5.35. The maximum Gasteiger partial charge on any atom is 0.263 e. The van der Waals surface area contributed by atoms with Crippen LogP contribution in [0.5, 0.6) is 5.75 Å². The van der Waals surface area contributed by atoms with Crippen LogP contribution in [0.4, 0.5) is 0 Å². The van der Waals surface area contributed by atoms with Crippen molar-refractivity contribution in [3.63, 3.8) is 0 Å². The normalized spacial score (nSPS) is 17.9. The van der Waals surface area contributed by atoms with Crippen LogP contribution in [0.2, 0.25) is 0 Å². The lowest BCUT2D eigenvalue weighted by atomic mass is 10.0. The third-order valence-electron chi connectivity index (χ3n) is 3.83. The van der Waals surface area contributed by atoms with E-state index in [2.05, 4.69) is 0 Å². The van der Waals surface area contributed by atoms with E-state index in [0.717, 1.165) is 43.7 Å². The number of benzene rings is 1. The van der Waals surface area contributed by atoms with Crippen LogP contribution in [0.1, 0.15) is 44.7 Å². The van der Waals surface area contributed by atoms with E-state index in [1.807, 2.05) is 43.0 Å². The molecule has 0 spiro atoms. The van der Waals surface area contributed by atoms with E-state index < -0.39 is 6.10 Å². The molecule has 2 atom stereocenters. The van der Waals surface area contributed by atoms with Crippen LogP contribution >= 0.6 is 0 Å². The number of likely N-dealkylation sites (tertiary alicyclic amines) is 1. The molecular weight excluding hydrogens is 252 g/mol. The van der Waals surface area contributed by atoms with E-state index in [1.54, 1.807) is 0 Å². The first-order valence-electron chi connectivity index (χ1n) is 7.43. The van der Waals surface area contributed by atoms with Gasteiger partial charge in [0.25, 0.3) is 5.91 Å². The summed E-state index contributed by atoms with van der Waals surface area (Å²) in [4.78, 5) is 14.2. The molecule has 1 fully saturated rings. The molecule has 1 aliphatic rings. The summed E-state index contributed by atoms with van der Waals surface area (Å²) in [6.07, 6.45) is 2.57. The summed E-state index contributed by atoms with van der Waals surface area (Å²) in [5.41, 5.74) is 7.06. The van der Waals surface area contributed by atoms with Crippen LogP contribution < -0.4 is 10.5 Å². The number of amides is 1. The van der Waals surface area contributed by atoms with Gasteiger partial charge in [0.15, 0.2) is 6.10 Å². The smallest absolute Gasteiger partial charge is 0.263 e. The molecule has 0 bridgehead atoms. The Bertz CT molecular complexity index is 456. The van der Waals surface area contributed by atoms with Crippen molar-refractivity contribution in [3.8, 4) is 5.75 Å². The number of nitrogens with zero attached hydrogens (tertiary/aromatic N) is 1. The van der Waals surface area contributed by atoms with Crippen molar-refractivity contribution in [2.24, 2.45) is 5.73 Å².